The van der Waals surface area contributed by atoms with Crippen molar-refractivity contribution >= 4 is 36.6 Å². The van der Waals surface area contributed by atoms with Gasteiger partial charge in [0.2, 0.25) is 5.91 Å². The molecule has 2 N–H and O–H groups in total. The van der Waals surface area contributed by atoms with Gasteiger partial charge in [0.25, 0.3) is 5.91 Å². The minimum absolute atomic E-state index is 0.0514. The number of hydrogen-bond acceptors (Lipinski definition) is 5. The van der Waals surface area contributed by atoms with Crippen molar-refractivity contribution < 1.29 is 14.3 Å². The largest absolute Gasteiger partial charge is 0.398 e. The molecule has 9 heteroatoms. The van der Waals surface area contributed by atoms with E-state index in [1.165, 1.54) is 4.90 Å². The molecular formula is C21H30N4O4Si. The molecule has 1 atom stereocenters. The number of aromatic nitrogens is 2. The first-order valence-corrected chi connectivity index (χ1v) is 14.3. The van der Waals surface area contributed by atoms with E-state index in [0.717, 1.165) is 35.5 Å². The molecule has 1 saturated heterocycles. The highest BCUT2D eigenvalue weighted by Crippen LogP contribution is 2.32. The molecule has 0 spiro atoms. The third kappa shape index (κ3) is 3.60. The number of anilines is 1. The third-order valence-electron chi connectivity index (χ3n) is 6.08. The lowest BCUT2D eigenvalue weighted by Crippen LogP contribution is -2.48. The predicted molar refractivity (Wildman–Crippen MR) is 118 cm³/mol. The fraction of sp³-hybridized carbons (Fsp3) is 0.571. The molecule has 2 amide bonds. The van der Waals surface area contributed by atoms with Crippen molar-refractivity contribution in [3.8, 4) is 0 Å². The number of nitrogens with zero attached hydrogens (tertiary/aromatic N) is 3. The molecule has 2 aliphatic rings. The van der Waals surface area contributed by atoms with Crippen LogP contribution in [0.25, 0.3) is 11.0 Å². The second kappa shape index (κ2) is 7.70. The summed E-state index contributed by atoms with van der Waals surface area (Å²) < 4.78 is 8.96. The van der Waals surface area contributed by atoms with E-state index in [1.807, 2.05) is 6.07 Å². The van der Waals surface area contributed by atoms with Gasteiger partial charge in [-0.05, 0) is 37.4 Å². The smallest absolute Gasteiger partial charge is 0.329 e. The molecule has 162 valence electrons. The molecule has 2 aliphatic heterocycles. The van der Waals surface area contributed by atoms with Gasteiger partial charge in [-0.3, -0.25) is 23.6 Å². The number of carbonyl (C=O) groups is 2. The quantitative estimate of drug-likeness (QED) is 0.328. The average Bonchev–Trinajstić information content (AvgIpc) is 2.97. The summed E-state index contributed by atoms with van der Waals surface area (Å²) in [6, 6.07) is 3.88. The Morgan fingerprint density at radius 1 is 1.17 bits per heavy atom. The number of benzene rings is 1. The highest BCUT2D eigenvalue weighted by Gasteiger charge is 2.38. The Morgan fingerprint density at radius 3 is 2.67 bits per heavy atom. The summed E-state index contributed by atoms with van der Waals surface area (Å²) in [6.07, 6.45) is 2.20. The molecule has 4 rings (SSSR count). The van der Waals surface area contributed by atoms with Gasteiger partial charge in [0.1, 0.15) is 12.8 Å². The summed E-state index contributed by atoms with van der Waals surface area (Å²) in [4.78, 5) is 40.0. The van der Waals surface area contributed by atoms with E-state index >= 15 is 0 Å². The Hall–Kier alpha value is -2.39. The topological polar surface area (TPSA) is 99.6 Å². The number of hydrogen-bond donors (Lipinski definition) is 1. The van der Waals surface area contributed by atoms with Crippen LogP contribution in [0.1, 0.15) is 30.9 Å². The van der Waals surface area contributed by atoms with Crippen LogP contribution in [-0.2, 0) is 27.3 Å². The van der Waals surface area contributed by atoms with Crippen LogP contribution in [0.3, 0.4) is 0 Å². The second-order valence-electron chi connectivity index (χ2n) is 9.47. The van der Waals surface area contributed by atoms with Crippen LogP contribution in [0, 0.1) is 0 Å². The molecule has 30 heavy (non-hydrogen) atoms. The van der Waals surface area contributed by atoms with Crippen LogP contribution in [0.5, 0.6) is 0 Å². The zero-order valence-corrected chi connectivity index (χ0v) is 18.9. The minimum atomic E-state index is -1.26. The monoisotopic (exact) mass is 430 g/mol. The molecule has 1 fully saturated rings. The van der Waals surface area contributed by atoms with E-state index in [9.17, 15) is 14.4 Å². The maximum Gasteiger partial charge on any atom is 0.329 e. The highest BCUT2D eigenvalue weighted by atomic mass is 28.3. The lowest BCUT2D eigenvalue weighted by Gasteiger charge is -2.31. The Bertz CT molecular complexity index is 1070. The molecule has 0 aliphatic carbocycles. The number of nitrogen functional groups attached to an aromatic ring is 1. The summed E-state index contributed by atoms with van der Waals surface area (Å²) in [5.74, 6) is -0.603. The number of imide groups is 1. The predicted octanol–water partition coefficient (Wildman–Crippen LogP) is 2.33. The first-order chi connectivity index (χ1) is 14.2. The molecule has 1 aromatic carbocycles. The first kappa shape index (κ1) is 20.9. The Labute approximate surface area is 176 Å². The number of amides is 2. The maximum atomic E-state index is 13.2. The van der Waals surface area contributed by atoms with Gasteiger partial charge in [-0.25, -0.2) is 4.79 Å². The standard InChI is InChI=1S/C21H30N4O4Si/c1-30(2,3)12-11-29-13-24-18(26)9-8-17(20(24)27)25-16-7-6-15(22)14-5-4-10-23(19(14)16)21(25)28/h6-7,17H,4-5,8-13,22H2,1-3H3. The van der Waals surface area contributed by atoms with Gasteiger partial charge in [-0.2, -0.15) is 0 Å². The lowest BCUT2D eigenvalue weighted by molar-refractivity contribution is -0.157. The summed E-state index contributed by atoms with van der Waals surface area (Å²) in [5, 5.41) is 0. The Morgan fingerprint density at radius 2 is 1.93 bits per heavy atom. The first-order valence-electron chi connectivity index (χ1n) is 10.6. The number of nitrogens with two attached hydrogens (primary N) is 1. The van der Waals surface area contributed by atoms with Gasteiger partial charge in [0.15, 0.2) is 0 Å². The number of piperidine rings is 1. The number of likely N-dealkylation sites (tertiary alicyclic amines) is 1. The molecule has 1 unspecified atom stereocenters. The Balaban J connectivity index is 1.63. The summed E-state index contributed by atoms with van der Waals surface area (Å²) in [7, 11) is -1.26. The van der Waals surface area contributed by atoms with Crippen molar-refractivity contribution in [1.82, 2.24) is 14.0 Å². The van der Waals surface area contributed by atoms with Crippen molar-refractivity contribution in [2.45, 2.75) is 64.0 Å². The number of aryl methyl sites for hydroxylation is 2. The zero-order valence-electron chi connectivity index (χ0n) is 17.9. The highest BCUT2D eigenvalue weighted by molar-refractivity contribution is 6.76. The van der Waals surface area contributed by atoms with Crippen molar-refractivity contribution in [3.05, 3.63) is 28.2 Å². The summed E-state index contributed by atoms with van der Waals surface area (Å²) in [5.41, 5.74) is 9.14. The summed E-state index contributed by atoms with van der Waals surface area (Å²) in [6.45, 7) is 7.84. The zero-order chi connectivity index (χ0) is 21.6. The van der Waals surface area contributed by atoms with Crippen LogP contribution < -0.4 is 11.4 Å². The molecule has 3 heterocycles. The van der Waals surface area contributed by atoms with Crippen LogP contribution in [0.4, 0.5) is 5.69 Å². The van der Waals surface area contributed by atoms with E-state index in [2.05, 4.69) is 19.6 Å². The maximum absolute atomic E-state index is 13.2. The van der Waals surface area contributed by atoms with Crippen LogP contribution in [-0.4, -0.2) is 47.3 Å². The van der Waals surface area contributed by atoms with E-state index in [0.29, 0.717) is 25.3 Å². The van der Waals surface area contributed by atoms with Crippen LogP contribution in [0.15, 0.2) is 16.9 Å². The van der Waals surface area contributed by atoms with Gasteiger partial charge in [0, 0.05) is 38.9 Å². The van der Waals surface area contributed by atoms with Crippen LogP contribution >= 0.6 is 0 Å². The minimum Gasteiger partial charge on any atom is -0.398 e. The number of ether oxygens (including phenoxy) is 1. The molecular weight excluding hydrogens is 400 g/mol. The molecule has 1 aromatic heterocycles. The van der Waals surface area contributed by atoms with Gasteiger partial charge >= 0.3 is 5.69 Å². The van der Waals surface area contributed by atoms with Gasteiger partial charge < -0.3 is 10.5 Å². The number of rotatable bonds is 6. The van der Waals surface area contributed by atoms with Crippen molar-refractivity contribution in [2.75, 3.05) is 19.1 Å². The van der Waals surface area contributed by atoms with Crippen molar-refractivity contribution in [3.63, 3.8) is 0 Å². The SMILES string of the molecule is C[Si](C)(C)CCOCN1C(=O)CCC(n2c(=O)n3c4c(c(N)ccc42)CCC3)C1=O. The van der Waals surface area contributed by atoms with Crippen molar-refractivity contribution in [1.29, 1.82) is 0 Å². The van der Waals surface area contributed by atoms with E-state index in [-0.39, 0.29) is 30.7 Å². The molecule has 0 radical (unpaired) electrons. The van der Waals surface area contributed by atoms with Crippen LogP contribution in [0.2, 0.25) is 25.7 Å². The van der Waals surface area contributed by atoms with Crippen molar-refractivity contribution in [2.24, 2.45) is 0 Å². The fourth-order valence-electron chi connectivity index (χ4n) is 4.38. The van der Waals surface area contributed by atoms with E-state index in [4.69, 9.17) is 10.5 Å². The number of imidazole rings is 1. The normalized spacial score (nSPS) is 19.7. The third-order valence-corrected chi connectivity index (χ3v) is 7.79. The van der Waals surface area contributed by atoms with Gasteiger partial charge in [0.05, 0.1) is 11.0 Å². The van der Waals surface area contributed by atoms with Gasteiger partial charge in [-0.15, -0.1) is 0 Å². The summed E-state index contributed by atoms with van der Waals surface area (Å²) >= 11 is 0. The second-order valence-corrected chi connectivity index (χ2v) is 15.1. The fourth-order valence-corrected chi connectivity index (χ4v) is 5.14. The molecule has 0 saturated carbocycles. The molecule has 8 nitrogen and oxygen atoms in total. The van der Waals surface area contributed by atoms with E-state index < -0.39 is 14.1 Å². The number of carbonyl (C=O) groups excluding carboxylic acids is 2. The Kier molecular flexibility index (Phi) is 5.35. The lowest BCUT2D eigenvalue weighted by atomic mass is 10.0. The average molecular weight is 431 g/mol. The molecule has 2 aromatic rings. The van der Waals surface area contributed by atoms with E-state index in [1.54, 1.807) is 15.2 Å². The van der Waals surface area contributed by atoms with Gasteiger partial charge in [-0.1, -0.05) is 19.6 Å². The molecule has 0 bridgehead atoms.